The van der Waals surface area contributed by atoms with E-state index in [0.717, 1.165) is 6.42 Å². The number of hydrogen-bond acceptors (Lipinski definition) is 4. The third-order valence-electron chi connectivity index (χ3n) is 3.22. The lowest BCUT2D eigenvalue weighted by Crippen LogP contribution is -2.54. The van der Waals surface area contributed by atoms with Crippen LogP contribution in [0.2, 0.25) is 0 Å². The summed E-state index contributed by atoms with van der Waals surface area (Å²) in [5.74, 6) is -0.985. The van der Waals surface area contributed by atoms with Crippen LogP contribution in [0.4, 0.5) is 0 Å². The van der Waals surface area contributed by atoms with Crippen molar-refractivity contribution in [1.82, 2.24) is 10.2 Å². The Morgan fingerprint density at radius 1 is 1.39 bits per heavy atom. The molecule has 0 saturated carbocycles. The molecule has 18 heavy (non-hydrogen) atoms. The number of nitrogens with one attached hydrogen (secondary N) is 1. The molecule has 104 valence electrons. The van der Waals surface area contributed by atoms with E-state index in [4.69, 9.17) is 4.74 Å². The van der Waals surface area contributed by atoms with E-state index < -0.39 is 11.5 Å². The van der Waals surface area contributed by atoms with Crippen molar-refractivity contribution in [2.75, 3.05) is 32.8 Å². The number of ether oxygens (including phenoxy) is 1. The van der Waals surface area contributed by atoms with Crippen LogP contribution in [0.3, 0.4) is 0 Å². The molecule has 1 rings (SSSR count). The van der Waals surface area contributed by atoms with Gasteiger partial charge in [-0.25, -0.2) is 0 Å². The van der Waals surface area contributed by atoms with Gasteiger partial charge in [0.25, 0.3) is 0 Å². The standard InChI is InChI=1S/C12H22N2O4/c1-3-4-12(2,11(16)17)13-9-10(15)14-5-7-18-8-6-14/h13H,3-9H2,1-2H3,(H,16,17). The summed E-state index contributed by atoms with van der Waals surface area (Å²) < 4.78 is 5.16. The zero-order valence-electron chi connectivity index (χ0n) is 11.1. The van der Waals surface area contributed by atoms with Gasteiger partial charge >= 0.3 is 5.97 Å². The molecule has 1 amide bonds. The van der Waals surface area contributed by atoms with E-state index in [1.54, 1.807) is 11.8 Å². The van der Waals surface area contributed by atoms with E-state index >= 15 is 0 Å². The van der Waals surface area contributed by atoms with E-state index in [-0.39, 0.29) is 12.5 Å². The van der Waals surface area contributed by atoms with E-state index in [0.29, 0.717) is 32.7 Å². The van der Waals surface area contributed by atoms with E-state index in [1.807, 2.05) is 6.92 Å². The van der Waals surface area contributed by atoms with Gasteiger partial charge in [0.1, 0.15) is 5.54 Å². The van der Waals surface area contributed by atoms with Crippen LogP contribution in [0, 0.1) is 0 Å². The van der Waals surface area contributed by atoms with Crippen LogP contribution in [0.15, 0.2) is 0 Å². The van der Waals surface area contributed by atoms with Gasteiger partial charge in [-0.15, -0.1) is 0 Å². The second kappa shape index (κ2) is 6.70. The maximum absolute atomic E-state index is 11.9. The summed E-state index contributed by atoms with van der Waals surface area (Å²) in [5, 5.41) is 12.0. The number of carbonyl (C=O) groups excluding carboxylic acids is 1. The molecule has 0 spiro atoms. The fraction of sp³-hybridized carbons (Fsp3) is 0.833. The van der Waals surface area contributed by atoms with Crippen LogP contribution < -0.4 is 5.32 Å². The highest BCUT2D eigenvalue weighted by atomic mass is 16.5. The van der Waals surface area contributed by atoms with Gasteiger partial charge < -0.3 is 14.7 Å². The molecule has 6 heteroatoms. The lowest BCUT2D eigenvalue weighted by molar-refractivity contribution is -0.145. The van der Waals surface area contributed by atoms with E-state index in [2.05, 4.69) is 5.32 Å². The minimum absolute atomic E-state index is 0.0583. The predicted octanol–water partition coefficient (Wildman–Crippen LogP) is 0.0782. The quantitative estimate of drug-likeness (QED) is 0.705. The van der Waals surface area contributed by atoms with Crippen molar-refractivity contribution in [3.8, 4) is 0 Å². The Balaban J connectivity index is 2.46. The fourth-order valence-electron chi connectivity index (χ4n) is 1.97. The second-order valence-corrected chi connectivity index (χ2v) is 4.73. The topological polar surface area (TPSA) is 78.9 Å². The van der Waals surface area contributed by atoms with Gasteiger partial charge in [-0.2, -0.15) is 0 Å². The Morgan fingerprint density at radius 2 is 2.00 bits per heavy atom. The molecule has 1 aliphatic heterocycles. The smallest absolute Gasteiger partial charge is 0.323 e. The van der Waals surface area contributed by atoms with Crippen molar-refractivity contribution >= 4 is 11.9 Å². The van der Waals surface area contributed by atoms with Crippen LogP contribution >= 0.6 is 0 Å². The summed E-state index contributed by atoms with van der Waals surface area (Å²) in [4.78, 5) is 24.8. The van der Waals surface area contributed by atoms with Gasteiger partial charge in [0.05, 0.1) is 19.8 Å². The predicted molar refractivity (Wildman–Crippen MR) is 66.4 cm³/mol. The summed E-state index contributed by atoms with van der Waals surface area (Å²) in [6.45, 7) is 5.87. The van der Waals surface area contributed by atoms with Crippen molar-refractivity contribution in [2.45, 2.75) is 32.2 Å². The summed E-state index contributed by atoms with van der Waals surface area (Å²) in [7, 11) is 0. The molecule has 1 heterocycles. The lowest BCUT2D eigenvalue weighted by Gasteiger charge is -2.30. The molecule has 1 unspecified atom stereocenters. The van der Waals surface area contributed by atoms with Gasteiger partial charge in [0.15, 0.2) is 0 Å². The number of rotatable bonds is 6. The summed E-state index contributed by atoms with van der Waals surface area (Å²) in [5.41, 5.74) is -1.03. The van der Waals surface area contributed by atoms with Gasteiger partial charge in [-0.1, -0.05) is 13.3 Å². The minimum atomic E-state index is -1.03. The largest absolute Gasteiger partial charge is 0.480 e. The number of hydrogen-bond donors (Lipinski definition) is 2. The number of amides is 1. The molecular weight excluding hydrogens is 236 g/mol. The SMILES string of the molecule is CCCC(C)(NCC(=O)N1CCOCC1)C(=O)O. The zero-order valence-corrected chi connectivity index (χ0v) is 11.1. The number of carboxylic acid groups (broad SMARTS) is 1. The summed E-state index contributed by atoms with van der Waals surface area (Å²) >= 11 is 0. The third kappa shape index (κ3) is 3.96. The molecule has 1 saturated heterocycles. The zero-order chi connectivity index (χ0) is 13.6. The Kier molecular flexibility index (Phi) is 5.55. The van der Waals surface area contributed by atoms with E-state index in [1.165, 1.54) is 0 Å². The van der Waals surface area contributed by atoms with Crippen LogP contribution in [-0.4, -0.2) is 60.3 Å². The third-order valence-corrected chi connectivity index (χ3v) is 3.22. The van der Waals surface area contributed by atoms with Gasteiger partial charge in [0.2, 0.25) is 5.91 Å². The first-order valence-corrected chi connectivity index (χ1v) is 6.33. The van der Waals surface area contributed by atoms with Crippen molar-refractivity contribution < 1.29 is 19.4 Å². The monoisotopic (exact) mass is 258 g/mol. The molecular formula is C12H22N2O4. The van der Waals surface area contributed by atoms with Crippen molar-refractivity contribution in [3.05, 3.63) is 0 Å². The maximum Gasteiger partial charge on any atom is 0.323 e. The molecule has 1 fully saturated rings. The first kappa shape index (κ1) is 14.9. The summed E-state index contributed by atoms with van der Waals surface area (Å²) in [6, 6.07) is 0. The first-order chi connectivity index (χ1) is 8.49. The molecule has 0 aromatic carbocycles. The Morgan fingerprint density at radius 3 is 2.50 bits per heavy atom. The maximum atomic E-state index is 11.9. The molecule has 0 aromatic rings. The Bertz CT molecular complexity index is 302. The average Bonchev–Trinajstić information content (AvgIpc) is 2.37. The number of carbonyl (C=O) groups is 2. The van der Waals surface area contributed by atoms with Crippen LogP contribution in [0.1, 0.15) is 26.7 Å². The molecule has 2 N–H and O–H groups in total. The molecule has 1 aliphatic rings. The van der Waals surface area contributed by atoms with Crippen LogP contribution in [-0.2, 0) is 14.3 Å². The highest BCUT2D eigenvalue weighted by molar-refractivity contribution is 5.82. The van der Waals surface area contributed by atoms with Crippen molar-refractivity contribution in [1.29, 1.82) is 0 Å². The van der Waals surface area contributed by atoms with Gasteiger partial charge in [0, 0.05) is 13.1 Å². The Labute approximate surface area is 107 Å². The molecule has 0 bridgehead atoms. The normalized spacial score (nSPS) is 19.3. The van der Waals surface area contributed by atoms with Gasteiger partial charge in [-0.05, 0) is 13.3 Å². The molecule has 0 radical (unpaired) electrons. The number of morpholine rings is 1. The van der Waals surface area contributed by atoms with Gasteiger partial charge in [-0.3, -0.25) is 14.9 Å². The molecule has 0 aliphatic carbocycles. The van der Waals surface area contributed by atoms with Crippen LogP contribution in [0.5, 0.6) is 0 Å². The van der Waals surface area contributed by atoms with Crippen molar-refractivity contribution in [3.63, 3.8) is 0 Å². The second-order valence-electron chi connectivity index (χ2n) is 4.73. The minimum Gasteiger partial charge on any atom is -0.480 e. The molecule has 1 atom stereocenters. The number of aliphatic carboxylic acids is 1. The van der Waals surface area contributed by atoms with Crippen LogP contribution in [0.25, 0.3) is 0 Å². The average molecular weight is 258 g/mol. The Hall–Kier alpha value is -1.14. The number of carboxylic acids is 1. The highest BCUT2D eigenvalue weighted by Crippen LogP contribution is 2.12. The van der Waals surface area contributed by atoms with E-state index in [9.17, 15) is 14.7 Å². The highest BCUT2D eigenvalue weighted by Gasteiger charge is 2.32. The number of nitrogens with zero attached hydrogens (tertiary/aromatic N) is 1. The molecule has 6 nitrogen and oxygen atoms in total. The fourth-order valence-corrected chi connectivity index (χ4v) is 1.97. The first-order valence-electron chi connectivity index (χ1n) is 6.33. The lowest BCUT2D eigenvalue weighted by atomic mass is 9.96. The molecule has 0 aromatic heterocycles. The summed E-state index contributed by atoms with van der Waals surface area (Å²) in [6.07, 6.45) is 1.25. The van der Waals surface area contributed by atoms with Crippen molar-refractivity contribution in [2.24, 2.45) is 0 Å².